The molecule has 40 heavy (non-hydrogen) atoms. The van der Waals surface area contributed by atoms with Crippen molar-refractivity contribution in [3.05, 3.63) is 76.0 Å². The van der Waals surface area contributed by atoms with Crippen molar-refractivity contribution >= 4 is 34.5 Å². The summed E-state index contributed by atoms with van der Waals surface area (Å²) in [6.45, 7) is 0. The summed E-state index contributed by atoms with van der Waals surface area (Å²) in [7, 11) is 6.10. The number of alkyl halides is 3. The van der Waals surface area contributed by atoms with Crippen LogP contribution in [0, 0.1) is 0 Å². The summed E-state index contributed by atoms with van der Waals surface area (Å²) in [6, 6.07) is 8.30. The minimum absolute atomic E-state index is 0.0723. The summed E-state index contributed by atoms with van der Waals surface area (Å²) in [5.41, 5.74) is -1.36. The second-order valence-corrected chi connectivity index (χ2v) is 8.77. The highest BCUT2D eigenvalue weighted by Crippen LogP contribution is 2.30. The molecule has 0 fully saturated rings. The van der Waals surface area contributed by atoms with Crippen LogP contribution in [0.4, 0.5) is 24.8 Å². The van der Waals surface area contributed by atoms with Gasteiger partial charge >= 0.3 is 11.9 Å². The SMILES string of the molecule is CNc1ncc2c(CC(=O)N(C)C)n(-c3cc(NC(=O)c4cccc(C(F)(F)F)c4)cc(OC)c3)c(=O)nc2n1. The summed E-state index contributed by atoms with van der Waals surface area (Å²) in [4.78, 5) is 52.7. The molecule has 0 saturated carbocycles. The van der Waals surface area contributed by atoms with E-state index in [9.17, 15) is 27.6 Å². The molecule has 2 heterocycles. The topological polar surface area (TPSA) is 131 Å². The maximum Gasteiger partial charge on any atom is 0.416 e. The Balaban J connectivity index is 1.84. The molecule has 0 radical (unpaired) electrons. The highest BCUT2D eigenvalue weighted by atomic mass is 19.4. The molecule has 0 unspecified atom stereocenters. The molecule has 0 aliphatic rings. The predicted molar refractivity (Wildman–Crippen MR) is 141 cm³/mol. The van der Waals surface area contributed by atoms with E-state index in [4.69, 9.17) is 4.74 Å². The van der Waals surface area contributed by atoms with Crippen LogP contribution in [0.3, 0.4) is 0 Å². The molecule has 0 saturated heterocycles. The van der Waals surface area contributed by atoms with Crippen molar-refractivity contribution in [3.8, 4) is 11.4 Å². The third kappa shape index (κ3) is 5.85. The van der Waals surface area contributed by atoms with Crippen molar-refractivity contribution in [2.24, 2.45) is 0 Å². The third-order valence-electron chi connectivity index (χ3n) is 5.88. The summed E-state index contributed by atoms with van der Waals surface area (Å²) in [5, 5.41) is 5.64. The van der Waals surface area contributed by atoms with Gasteiger partial charge in [0, 0.05) is 56.4 Å². The molecule has 2 amide bonds. The Labute approximate surface area is 225 Å². The number of methoxy groups -OCH3 is 1. The highest BCUT2D eigenvalue weighted by Gasteiger charge is 2.31. The molecule has 14 heteroatoms. The van der Waals surface area contributed by atoms with Crippen molar-refractivity contribution in [1.29, 1.82) is 0 Å². The first-order chi connectivity index (χ1) is 18.9. The van der Waals surface area contributed by atoms with Crippen LogP contribution in [0.1, 0.15) is 21.6 Å². The van der Waals surface area contributed by atoms with Gasteiger partial charge in [0.2, 0.25) is 11.9 Å². The van der Waals surface area contributed by atoms with E-state index in [1.165, 1.54) is 47.0 Å². The van der Waals surface area contributed by atoms with E-state index in [0.717, 1.165) is 18.2 Å². The zero-order chi connectivity index (χ0) is 29.2. The second-order valence-electron chi connectivity index (χ2n) is 8.77. The normalized spacial score (nSPS) is 11.3. The molecule has 208 valence electrons. The summed E-state index contributed by atoms with van der Waals surface area (Å²) < 4.78 is 45.9. The number of rotatable bonds is 7. The monoisotopic (exact) mass is 555 g/mol. The molecular weight excluding hydrogens is 531 g/mol. The van der Waals surface area contributed by atoms with Gasteiger partial charge in [0.1, 0.15) is 5.75 Å². The summed E-state index contributed by atoms with van der Waals surface area (Å²) in [5.74, 6) is -0.692. The Bertz CT molecular complexity index is 1670. The van der Waals surface area contributed by atoms with E-state index < -0.39 is 23.3 Å². The number of nitrogens with zero attached hydrogens (tertiary/aromatic N) is 5. The molecule has 0 spiro atoms. The Morgan fingerprint density at radius 1 is 1.10 bits per heavy atom. The number of amides is 2. The van der Waals surface area contributed by atoms with E-state index in [1.807, 2.05) is 0 Å². The quantitative estimate of drug-likeness (QED) is 0.356. The first-order valence-electron chi connectivity index (χ1n) is 11.8. The minimum Gasteiger partial charge on any atom is -0.497 e. The van der Waals surface area contributed by atoms with Gasteiger partial charge in [0.05, 0.1) is 30.2 Å². The first kappa shape index (κ1) is 28.0. The van der Waals surface area contributed by atoms with E-state index in [-0.39, 0.29) is 52.3 Å². The number of likely N-dealkylation sites (N-methyl/N-ethyl adjacent to an activating group) is 1. The number of benzene rings is 2. The zero-order valence-electron chi connectivity index (χ0n) is 21.8. The molecule has 2 N–H and O–H groups in total. The minimum atomic E-state index is -4.62. The highest BCUT2D eigenvalue weighted by molar-refractivity contribution is 6.04. The lowest BCUT2D eigenvalue weighted by Crippen LogP contribution is -2.30. The Morgan fingerprint density at radius 3 is 2.50 bits per heavy atom. The molecule has 0 aliphatic carbocycles. The van der Waals surface area contributed by atoms with Crippen LogP contribution in [0.25, 0.3) is 16.7 Å². The maximum absolute atomic E-state index is 13.3. The maximum atomic E-state index is 13.3. The van der Waals surface area contributed by atoms with Crippen LogP contribution in [0.15, 0.2) is 53.5 Å². The summed E-state index contributed by atoms with van der Waals surface area (Å²) >= 11 is 0. The molecular formula is C26H24F3N7O4. The fourth-order valence-corrected chi connectivity index (χ4v) is 3.84. The molecule has 4 rings (SSSR count). The smallest absolute Gasteiger partial charge is 0.416 e. The Morgan fingerprint density at radius 2 is 1.85 bits per heavy atom. The fourth-order valence-electron chi connectivity index (χ4n) is 3.84. The molecule has 11 nitrogen and oxygen atoms in total. The van der Waals surface area contributed by atoms with Gasteiger partial charge in [-0.3, -0.25) is 14.2 Å². The van der Waals surface area contributed by atoms with E-state index in [0.29, 0.717) is 5.39 Å². The van der Waals surface area contributed by atoms with Crippen molar-refractivity contribution in [3.63, 3.8) is 0 Å². The van der Waals surface area contributed by atoms with Crippen LogP contribution < -0.4 is 21.1 Å². The van der Waals surface area contributed by atoms with Gasteiger partial charge in [0.15, 0.2) is 5.65 Å². The second kappa shape index (κ2) is 11.0. The zero-order valence-corrected chi connectivity index (χ0v) is 21.8. The van der Waals surface area contributed by atoms with Gasteiger partial charge in [-0.15, -0.1) is 0 Å². The van der Waals surface area contributed by atoms with Crippen LogP contribution in [0.2, 0.25) is 0 Å². The van der Waals surface area contributed by atoms with Crippen LogP contribution in [0.5, 0.6) is 5.75 Å². The largest absolute Gasteiger partial charge is 0.497 e. The van der Waals surface area contributed by atoms with Crippen molar-refractivity contribution < 1.29 is 27.5 Å². The van der Waals surface area contributed by atoms with E-state index >= 15 is 0 Å². The fraction of sp³-hybridized carbons (Fsp3) is 0.231. The predicted octanol–water partition coefficient (Wildman–Crippen LogP) is 3.13. The Kier molecular flexibility index (Phi) is 7.70. The van der Waals surface area contributed by atoms with Crippen molar-refractivity contribution in [2.45, 2.75) is 12.6 Å². The van der Waals surface area contributed by atoms with E-state index in [2.05, 4.69) is 25.6 Å². The van der Waals surface area contributed by atoms with Gasteiger partial charge in [-0.2, -0.15) is 23.1 Å². The number of anilines is 2. The number of hydrogen-bond acceptors (Lipinski definition) is 8. The number of aromatic nitrogens is 4. The standard InChI is InChI=1S/C26H24F3N7O4/c1-30-24-31-13-19-20(12-21(37)35(2)3)36(25(39)34-22(19)33-24)17-9-16(10-18(11-17)40-4)32-23(38)14-6-5-7-15(8-14)26(27,28)29/h5-11,13H,12H2,1-4H3,(H,32,38)(H,30,33,34,39). The van der Waals surface area contributed by atoms with Crippen LogP contribution >= 0.6 is 0 Å². The molecule has 2 aromatic carbocycles. The molecule has 0 aliphatic heterocycles. The number of halogens is 3. The molecule has 4 aromatic rings. The lowest BCUT2D eigenvalue weighted by atomic mass is 10.1. The number of ether oxygens (including phenoxy) is 1. The number of fused-ring (bicyclic) bond motifs is 1. The van der Waals surface area contributed by atoms with Crippen molar-refractivity contribution in [2.75, 3.05) is 38.9 Å². The lowest BCUT2D eigenvalue weighted by molar-refractivity contribution is -0.137. The average molecular weight is 556 g/mol. The van der Waals surface area contributed by atoms with E-state index in [1.54, 1.807) is 21.1 Å². The van der Waals surface area contributed by atoms with Crippen molar-refractivity contribution in [1.82, 2.24) is 24.4 Å². The van der Waals surface area contributed by atoms with Gasteiger partial charge in [0.25, 0.3) is 5.91 Å². The number of carbonyl (C=O) groups excluding carboxylic acids is 2. The van der Waals surface area contributed by atoms with Gasteiger partial charge in [-0.05, 0) is 24.3 Å². The average Bonchev–Trinajstić information content (AvgIpc) is 2.91. The van der Waals surface area contributed by atoms with Gasteiger partial charge in [-0.25, -0.2) is 9.78 Å². The first-order valence-corrected chi connectivity index (χ1v) is 11.8. The third-order valence-corrected chi connectivity index (χ3v) is 5.88. The molecule has 0 atom stereocenters. The number of hydrogen-bond donors (Lipinski definition) is 2. The van der Waals surface area contributed by atoms with Gasteiger partial charge < -0.3 is 20.3 Å². The lowest BCUT2D eigenvalue weighted by Gasteiger charge is -2.18. The number of carbonyl (C=O) groups is 2. The summed E-state index contributed by atoms with van der Waals surface area (Å²) in [6.07, 6.45) is -3.40. The number of nitrogens with one attached hydrogen (secondary N) is 2. The molecule has 0 bridgehead atoms. The Hall–Kier alpha value is -5.01. The van der Waals surface area contributed by atoms with Crippen LogP contribution in [-0.4, -0.2) is 64.5 Å². The van der Waals surface area contributed by atoms with Gasteiger partial charge in [-0.1, -0.05) is 6.07 Å². The van der Waals surface area contributed by atoms with Crippen LogP contribution in [-0.2, 0) is 17.4 Å². The molecule has 2 aromatic heterocycles.